The number of pyridine rings is 1. The number of nitrogens with zero attached hydrogens (tertiary/aromatic N) is 2. The quantitative estimate of drug-likeness (QED) is 0.154. The van der Waals surface area contributed by atoms with Gasteiger partial charge < -0.3 is 15.8 Å². The Morgan fingerprint density at radius 1 is 0.973 bits per heavy atom. The number of nitro groups is 1. The van der Waals surface area contributed by atoms with Crippen molar-refractivity contribution in [3.8, 4) is 0 Å². The van der Waals surface area contributed by atoms with Crippen molar-refractivity contribution in [3.63, 3.8) is 0 Å². The molecule has 1 aromatic heterocycles. The Morgan fingerprint density at radius 2 is 1.54 bits per heavy atom. The van der Waals surface area contributed by atoms with Gasteiger partial charge in [-0.3, -0.25) is 24.5 Å². The number of nitro benzene ring substituents is 1. The topological polar surface area (TPSA) is 155 Å². The zero-order chi connectivity index (χ0) is 26.5. The van der Waals surface area contributed by atoms with E-state index in [4.69, 9.17) is 10.5 Å². The van der Waals surface area contributed by atoms with E-state index < -0.39 is 34.7 Å². The summed E-state index contributed by atoms with van der Waals surface area (Å²) in [7, 11) is 0. The minimum atomic E-state index is -1.32. The van der Waals surface area contributed by atoms with Gasteiger partial charge in [-0.25, -0.2) is 4.98 Å². The summed E-state index contributed by atoms with van der Waals surface area (Å²) in [6.45, 7) is 1.76. The molecule has 37 heavy (non-hydrogen) atoms. The first-order chi connectivity index (χ1) is 17.8. The van der Waals surface area contributed by atoms with Gasteiger partial charge in [0, 0.05) is 28.8 Å². The molecule has 0 saturated heterocycles. The average molecular weight is 501 g/mol. The van der Waals surface area contributed by atoms with E-state index in [0.717, 1.165) is 0 Å². The van der Waals surface area contributed by atoms with Crippen LogP contribution in [-0.2, 0) is 14.3 Å². The summed E-state index contributed by atoms with van der Waals surface area (Å²) in [6, 6.07) is 18.3. The van der Waals surface area contributed by atoms with Gasteiger partial charge in [-0.05, 0) is 24.6 Å². The number of nitrogens with two attached hydrogens (primary N) is 1. The van der Waals surface area contributed by atoms with Crippen LogP contribution >= 0.6 is 0 Å². The largest absolute Gasteiger partial charge is 0.466 e. The predicted octanol–water partition coefficient (Wildman–Crippen LogP) is 3.62. The number of esters is 1. The summed E-state index contributed by atoms with van der Waals surface area (Å²) in [5.74, 6) is -2.98. The Hall–Kier alpha value is -4.86. The number of aromatic nitrogens is 1. The molecule has 0 fully saturated rings. The lowest BCUT2D eigenvalue weighted by atomic mass is 9.87. The van der Waals surface area contributed by atoms with Gasteiger partial charge >= 0.3 is 5.97 Å². The first-order valence-electron chi connectivity index (χ1n) is 11.6. The molecule has 0 aliphatic rings. The van der Waals surface area contributed by atoms with Crippen LogP contribution in [0.3, 0.4) is 0 Å². The Balaban J connectivity index is 1.78. The fraction of sp³-hybridized carbons (Fsp3) is 0.185. The minimum Gasteiger partial charge on any atom is -0.466 e. The fourth-order valence-corrected chi connectivity index (χ4v) is 4.34. The van der Waals surface area contributed by atoms with E-state index in [1.807, 2.05) is 12.1 Å². The van der Waals surface area contributed by atoms with Crippen LogP contribution in [0.5, 0.6) is 0 Å². The second-order valence-electron chi connectivity index (χ2n) is 8.34. The molecule has 0 saturated carbocycles. The number of primary amides is 1. The van der Waals surface area contributed by atoms with E-state index in [1.165, 1.54) is 24.3 Å². The lowest BCUT2D eigenvalue weighted by Crippen LogP contribution is -2.49. The Bertz CT molecular complexity index is 1450. The van der Waals surface area contributed by atoms with E-state index in [-0.39, 0.29) is 18.7 Å². The number of non-ortho nitro benzene ring substituents is 1. The molecular weight excluding hydrogens is 476 g/mol. The summed E-state index contributed by atoms with van der Waals surface area (Å²) >= 11 is 0. The van der Waals surface area contributed by atoms with Crippen LogP contribution in [0.15, 0.2) is 72.8 Å². The molecule has 10 nitrogen and oxygen atoms in total. The Morgan fingerprint density at radius 3 is 2.05 bits per heavy atom. The van der Waals surface area contributed by atoms with E-state index >= 15 is 0 Å². The van der Waals surface area contributed by atoms with Crippen LogP contribution in [0.4, 0.5) is 5.69 Å². The molecule has 0 unspecified atom stereocenters. The molecule has 3 aromatic carbocycles. The number of carbonyl (C=O) groups excluding carboxylic acids is 3. The van der Waals surface area contributed by atoms with Crippen molar-refractivity contribution in [2.75, 3.05) is 6.61 Å². The van der Waals surface area contributed by atoms with Crippen molar-refractivity contribution in [1.29, 1.82) is 0 Å². The highest BCUT2D eigenvalue weighted by Gasteiger charge is 2.33. The monoisotopic (exact) mass is 500 g/mol. The predicted molar refractivity (Wildman–Crippen MR) is 137 cm³/mol. The van der Waals surface area contributed by atoms with Gasteiger partial charge in [0.25, 0.3) is 11.6 Å². The third-order valence-corrected chi connectivity index (χ3v) is 6.03. The van der Waals surface area contributed by atoms with Gasteiger partial charge in [-0.15, -0.1) is 0 Å². The van der Waals surface area contributed by atoms with Gasteiger partial charge in [-0.1, -0.05) is 48.5 Å². The summed E-state index contributed by atoms with van der Waals surface area (Å²) < 4.78 is 5.07. The highest BCUT2D eigenvalue weighted by atomic mass is 16.6. The maximum atomic E-state index is 13.7. The van der Waals surface area contributed by atoms with Crippen LogP contribution in [0, 0.1) is 10.1 Å². The van der Waals surface area contributed by atoms with Gasteiger partial charge in [0.2, 0.25) is 5.91 Å². The molecular formula is C27H24N4O6. The molecule has 0 radical (unpaired) electrons. The fourth-order valence-electron chi connectivity index (χ4n) is 4.34. The maximum absolute atomic E-state index is 13.7. The zero-order valence-corrected chi connectivity index (χ0v) is 19.9. The summed E-state index contributed by atoms with van der Waals surface area (Å²) in [5, 5.41) is 15.0. The van der Waals surface area contributed by atoms with Crippen molar-refractivity contribution >= 4 is 45.3 Å². The Labute approximate surface area is 211 Å². The SMILES string of the molecule is CCOC(=O)C[C@@H](c1ccc([N+](=O)[O-])cc1)[C@H](NC(=O)c1c2ccccc2nc2ccccc12)C(N)=O. The van der Waals surface area contributed by atoms with Crippen LogP contribution in [-0.4, -0.2) is 40.3 Å². The standard InChI is InChI=1S/C27H24N4O6/c1-2-37-23(32)15-20(16-11-13-17(14-12-16)31(35)36)25(26(28)33)30-27(34)24-18-7-3-5-9-21(18)29-22-10-6-4-8-19(22)24/h3-14,20,25H,2,15H2,1H3,(H2,28,33)(H,30,34)/t20-,25-/m0/s1. The van der Waals surface area contributed by atoms with E-state index in [1.54, 1.807) is 43.3 Å². The number of rotatable bonds is 9. The number of nitrogens with one attached hydrogen (secondary N) is 1. The van der Waals surface area contributed by atoms with Crippen molar-refractivity contribution in [1.82, 2.24) is 10.3 Å². The van der Waals surface area contributed by atoms with Gasteiger partial charge in [0.15, 0.2) is 0 Å². The van der Waals surface area contributed by atoms with Crippen LogP contribution in [0.1, 0.15) is 35.2 Å². The highest BCUT2D eigenvalue weighted by Crippen LogP contribution is 2.29. The molecule has 0 aliphatic heterocycles. The van der Waals surface area contributed by atoms with Crippen LogP contribution in [0.2, 0.25) is 0 Å². The average Bonchev–Trinajstić information content (AvgIpc) is 2.89. The molecule has 2 atom stereocenters. The van der Waals surface area contributed by atoms with Crippen molar-refractivity contribution in [2.24, 2.45) is 5.73 Å². The lowest BCUT2D eigenvalue weighted by molar-refractivity contribution is -0.384. The third-order valence-electron chi connectivity index (χ3n) is 6.03. The number of carbonyl (C=O) groups is 3. The van der Waals surface area contributed by atoms with Crippen molar-refractivity contribution in [2.45, 2.75) is 25.3 Å². The van der Waals surface area contributed by atoms with E-state index in [2.05, 4.69) is 10.3 Å². The first kappa shape index (κ1) is 25.2. The second-order valence-corrected chi connectivity index (χ2v) is 8.34. The van der Waals surface area contributed by atoms with Gasteiger partial charge in [0.05, 0.1) is 34.5 Å². The molecule has 2 amide bonds. The number of ether oxygens (including phenoxy) is 1. The zero-order valence-electron chi connectivity index (χ0n) is 19.9. The molecule has 1 heterocycles. The van der Waals surface area contributed by atoms with Crippen molar-refractivity contribution in [3.05, 3.63) is 94.0 Å². The molecule has 0 spiro atoms. The van der Waals surface area contributed by atoms with Gasteiger partial charge in [0.1, 0.15) is 6.04 Å². The number of para-hydroxylation sites is 2. The molecule has 188 valence electrons. The summed E-state index contributed by atoms with van der Waals surface area (Å²) in [5.41, 5.74) is 7.48. The number of hydrogen-bond donors (Lipinski definition) is 2. The van der Waals surface area contributed by atoms with E-state index in [9.17, 15) is 24.5 Å². The lowest BCUT2D eigenvalue weighted by Gasteiger charge is -2.26. The van der Waals surface area contributed by atoms with Crippen molar-refractivity contribution < 1.29 is 24.0 Å². The number of benzene rings is 3. The smallest absolute Gasteiger partial charge is 0.306 e. The number of fused-ring (bicyclic) bond motifs is 2. The molecule has 3 N–H and O–H groups in total. The summed E-state index contributed by atoms with van der Waals surface area (Å²) in [6.07, 6.45) is -0.280. The molecule has 10 heteroatoms. The van der Waals surface area contributed by atoms with Crippen LogP contribution in [0.25, 0.3) is 21.8 Å². The maximum Gasteiger partial charge on any atom is 0.306 e. The Kier molecular flexibility index (Phi) is 7.38. The number of amides is 2. The third kappa shape index (κ3) is 5.37. The number of hydrogen-bond acceptors (Lipinski definition) is 7. The molecule has 0 bridgehead atoms. The van der Waals surface area contributed by atoms with E-state index in [0.29, 0.717) is 32.9 Å². The highest BCUT2D eigenvalue weighted by molar-refractivity contribution is 6.16. The molecule has 4 aromatic rings. The summed E-state index contributed by atoms with van der Waals surface area (Å²) in [4.78, 5) is 54.0. The first-order valence-corrected chi connectivity index (χ1v) is 11.6. The molecule has 0 aliphatic carbocycles. The molecule has 4 rings (SSSR count). The van der Waals surface area contributed by atoms with Crippen LogP contribution < -0.4 is 11.1 Å². The minimum absolute atomic E-state index is 0.119. The normalized spacial score (nSPS) is 12.6. The second kappa shape index (κ2) is 10.8. The van der Waals surface area contributed by atoms with Gasteiger partial charge in [-0.2, -0.15) is 0 Å².